The molecule has 0 amide bonds. The van der Waals surface area contributed by atoms with Gasteiger partial charge in [-0.3, -0.25) is 10.1 Å². The van der Waals surface area contributed by atoms with Crippen molar-refractivity contribution in [1.82, 2.24) is 0 Å². The van der Waals surface area contributed by atoms with E-state index in [1.807, 2.05) is 30.3 Å². The Kier molecular flexibility index (Phi) is 6.60. The second-order valence-corrected chi connectivity index (χ2v) is 4.43. The maximum Gasteiger partial charge on any atom is 0.310 e. The van der Waals surface area contributed by atoms with Gasteiger partial charge in [-0.25, -0.2) is 0 Å². The monoisotopic (exact) mass is 287 g/mol. The lowest BCUT2D eigenvalue weighted by Gasteiger charge is -1.96. The van der Waals surface area contributed by atoms with Crippen molar-refractivity contribution in [3.05, 3.63) is 70.3 Å². The lowest BCUT2D eigenvalue weighted by molar-refractivity contribution is -0.385. The van der Waals surface area contributed by atoms with Crippen LogP contribution in [0, 0.1) is 10.1 Å². The molecule has 5 heteroatoms. The van der Waals surface area contributed by atoms with Crippen molar-refractivity contribution >= 4 is 11.5 Å². The van der Waals surface area contributed by atoms with E-state index in [0.29, 0.717) is 6.42 Å². The van der Waals surface area contributed by atoms with E-state index in [4.69, 9.17) is 5.11 Å². The van der Waals surface area contributed by atoms with Crippen molar-refractivity contribution < 1.29 is 14.8 Å². The standard InChI is InChI=1S/C10H12O.C6H5NO3/c1-9(11)7-8-10-5-3-2-4-6-10;8-6-4-2-1-3-5(6)7(9)10/h2-6H,7-8H2,1H3;1-4,8H. The predicted molar refractivity (Wildman–Crippen MR) is 80.2 cm³/mol. The molecule has 0 aliphatic rings. The van der Waals surface area contributed by atoms with Crippen LogP contribution in [0.25, 0.3) is 0 Å². The molecule has 0 spiro atoms. The van der Waals surface area contributed by atoms with Crippen molar-refractivity contribution in [2.75, 3.05) is 0 Å². The molecule has 0 saturated heterocycles. The van der Waals surface area contributed by atoms with Gasteiger partial charge in [-0.2, -0.15) is 0 Å². The molecule has 110 valence electrons. The molecule has 0 radical (unpaired) electrons. The van der Waals surface area contributed by atoms with E-state index in [1.54, 1.807) is 6.92 Å². The highest BCUT2D eigenvalue weighted by atomic mass is 16.6. The second-order valence-electron chi connectivity index (χ2n) is 4.43. The highest BCUT2D eigenvalue weighted by molar-refractivity contribution is 5.75. The summed E-state index contributed by atoms with van der Waals surface area (Å²) >= 11 is 0. The van der Waals surface area contributed by atoms with E-state index in [2.05, 4.69) is 0 Å². The SMILES string of the molecule is CC(=O)CCc1ccccc1.O=[N+]([O-])c1ccccc1O. The van der Waals surface area contributed by atoms with Crippen molar-refractivity contribution in [3.8, 4) is 5.75 Å². The molecule has 0 heterocycles. The Morgan fingerprint density at radius 1 is 1.10 bits per heavy atom. The number of carbonyl (C=O) groups excluding carboxylic acids is 1. The van der Waals surface area contributed by atoms with Gasteiger partial charge in [0.05, 0.1) is 4.92 Å². The van der Waals surface area contributed by atoms with Crippen LogP contribution in [0.15, 0.2) is 54.6 Å². The molecule has 1 N–H and O–H groups in total. The van der Waals surface area contributed by atoms with E-state index >= 15 is 0 Å². The third-order valence-electron chi connectivity index (χ3n) is 2.69. The van der Waals surface area contributed by atoms with Crippen molar-refractivity contribution in [2.45, 2.75) is 19.8 Å². The zero-order valence-electron chi connectivity index (χ0n) is 11.7. The number of nitro groups is 1. The molecule has 0 aliphatic carbocycles. The number of phenols is 1. The molecule has 0 atom stereocenters. The Bertz CT molecular complexity index is 596. The van der Waals surface area contributed by atoms with E-state index < -0.39 is 4.92 Å². The Hall–Kier alpha value is -2.69. The van der Waals surface area contributed by atoms with Crippen LogP contribution in [0.3, 0.4) is 0 Å². The minimum Gasteiger partial charge on any atom is -0.502 e. The number of nitrogens with zero attached hydrogens (tertiary/aromatic N) is 1. The molecule has 0 bridgehead atoms. The highest BCUT2D eigenvalue weighted by Gasteiger charge is 2.09. The number of nitro benzene ring substituents is 1. The number of rotatable bonds is 4. The summed E-state index contributed by atoms with van der Waals surface area (Å²) < 4.78 is 0. The summed E-state index contributed by atoms with van der Waals surface area (Å²) in [5, 5.41) is 18.9. The van der Waals surface area contributed by atoms with Gasteiger partial charge in [0.15, 0.2) is 5.75 Å². The Balaban J connectivity index is 0.000000211. The minimum atomic E-state index is -0.630. The molecule has 2 aromatic carbocycles. The van der Waals surface area contributed by atoms with Gasteiger partial charge >= 0.3 is 5.69 Å². The molecular weight excluding hydrogens is 270 g/mol. The third-order valence-corrected chi connectivity index (χ3v) is 2.69. The van der Waals surface area contributed by atoms with Crippen LogP contribution >= 0.6 is 0 Å². The molecule has 0 aromatic heterocycles. The molecule has 0 unspecified atom stereocenters. The van der Waals surface area contributed by atoms with Gasteiger partial charge in [-0.1, -0.05) is 42.5 Å². The topological polar surface area (TPSA) is 80.4 Å². The Labute approximate surface area is 123 Å². The first kappa shape index (κ1) is 16.4. The zero-order chi connectivity index (χ0) is 15.7. The number of Topliss-reactive ketones (excluding diaryl/α,β-unsaturated/α-hetero) is 1. The van der Waals surface area contributed by atoms with Crippen molar-refractivity contribution in [3.63, 3.8) is 0 Å². The Morgan fingerprint density at radius 3 is 2.14 bits per heavy atom. The van der Waals surface area contributed by atoms with Crippen molar-refractivity contribution in [2.24, 2.45) is 0 Å². The molecule has 5 nitrogen and oxygen atoms in total. The van der Waals surface area contributed by atoms with Gasteiger partial charge in [0.1, 0.15) is 5.78 Å². The fourth-order valence-electron chi connectivity index (χ4n) is 1.58. The summed E-state index contributed by atoms with van der Waals surface area (Å²) in [6.45, 7) is 1.63. The lowest BCUT2D eigenvalue weighted by Crippen LogP contribution is -1.92. The van der Waals surface area contributed by atoms with Gasteiger partial charge in [0.2, 0.25) is 0 Å². The van der Waals surface area contributed by atoms with Gasteiger partial charge in [-0.05, 0) is 25.0 Å². The van der Waals surface area contributed by atoms with E-state index in [0.717, 1.165) is 6.42 Å². The van der Waals surface area contributed by atoms with Gasteiger partial charge in [-0.15, -0.1) is 0 Å². The van der Waals surface area contributed by atoms with Crippen LogP contribution in [0.1, 0.15) is 18.9 Å². The number of hydrogen-bond donors (Lipinski definition) is 1. The number of carbonyl (C=O) groups is 1. The normalized spacial score (nSPS) is 9.38. The number of benzene rings is 2. The molecular formula is C16H17NO4. The summed E-state index contributed by atoms with van der Waals surface area (Å²) in [4.78, 5) is 20.1. The fourth-order valence-corrected chi connectivity index (χ4v) is 1.58. The smallest absolute Gasteiger partial charge is 0.310 e. The summed E-state index contributed by atoms with van der Waals surface area (Å²) in [6, 6.07) is 15.6. The number of phenolic OH excluding ortho intramolecular Hbond substituents is 1. The number of para-hydroxylation sites is 2. The van der Waals surface area contributed by atoms with Gasteiger partial charge < -0.3 is 9.90 Å². The van der Waals surface area contributed by atoms with Crippen LogP contribution in [-0.2, 0) is 11.2 Å². The van der Waals surface area contributed by atoms with Crippen LogP contribution in [0.5, 0.6) is 5.75 Å². The average molecular weight is 287 g/mol. The lowest BCUT2D eigenvalue weighted by atomic mass is 10.1. The first-order valence-corrected chi connectivity index (χ1v) is 6.46. The second kappa shape index (κ2) is 8.47. The summed E-state index contributed by atoms with van der Waals surface area (Å²) in [5.74, 6) is -0.0404. The van der Waals surface area contributed by atoms with Crippen LogP contribution in [0.4, 0.5) is 5.69 Å². The highest BCUT2D eigenvalue weighted by Crippen LogP contribution is 2.23. The Morgan fingerprint density at radius 2 is 1.67 bits per heavy atom. The molecule has 2 aromatic rings. The van der Waals surface area contributed by atoms with Crippen LogP contribution in [0.2, 0.25) is 0 Å². The summed E-state index contributed by atoms with van der Waals surface area (Å²) in [7, 11) is 0. The third kappa shape index (κ3) is 6.33. The minimum absolute atomic E-state index is 0.258. The van der Waals surface area contributed by atoms with Gasteiger partial charge in [0.25, 0.3) is 0 Å². The van der Waals surface area contributed by atoms with Crippen molar-refractivity contribution in [1.29, 1.82) is 0 Å². The predicted octanol–water partition coefficient (Wildman–Crippen LogP) is 3.51. The quantitative estimate of drug-likeness (QED) is 0.689. The fraction of sp³-hybridized carbons (Fsp3) is 0.188. The van der Waals surface area contributed by atoms with Gasteiger partial charge in [0, 0.05) is 12.5 Å². The molecule has 0 fully saturated rings. The zero-order valence-corrected chi connectivity index (χ0v) is 11.7. The number of ketones is 1. The van der Waals surface area contributed by atoms with Crippen LogP contribution < -0.4 is 0 Å². The summed E-state index contributed by atoms with van der Waals surface area (Å²) in [5.41, 5.74) is 0.977. The molecule has 2 rings (SSSR count). The van der Waals surface area contributed by atoms with E-state index in [9.17, 15) is 14.9 Å². The number of aryl methyl sites for hydroxylation is 1. The van der Waals surface area contributed by atoms with E-state index in [-0.39, 0.29) is 17.2 Å². The molecule has 0 aliphatic heterocycles. The van der Waals surface area contributed by atoms with E-state index in [1.165, 1.54) is 29.8 Å². The molecule has 21 heavy (non-hydrogen) atoms. The first-order chi connectivity index (χ1) is 10.0. The number of aromatic hydroxyl groups is 1. The summed E-state index contributed by atoms with van der Waals surface area (Å²) in [6.07, 6.45) is 1.53. The largest absolute Gasteiger partial charge is 0.502 e. The molecule has 0 saturated carbocycles. The van der Waals surface area contributed by atoms with Crippen LogP contribution in [-0.4, -0.2) is 15.8 Å². The first-order valence-electron chi connectivity index (χ1n) is 6.46. The maximum atomic E-state index is 10.6. The average Bonchev–Trinajstić information content (AvgIpc) is 2.47. The maximum absolute atomic E-state index is 10.6. The number of hydrogen-bond acceptors (Lipinski definition) is 4.